The first-order valence-corrected chi connectivity index (χ1v) is 11.3. The number of esters is 1. The topological polar surface area (TPSA) is 60.4 Å². The number of carbonyl (C=O) groups excluding carboxylic acids is 3. The number of ketones is 2. The molecule has 0 aromatic heterocycles. The summed E-state index contributed by atoms with van der Waals surface area (Å²) < 4.78 is 5.99. The van der Waals surface area contributed by atoms with E-state index in [9.17, 15) is 14.4 Å². The van der Waals surface area contributed by atoms with Gasteiger partial charge in [-0.2, -0.15) is 0 Å². The molecule has 154 valence electrons. The van der Waals surface area contributed by atoms with E-state index in [4.69, 9.17) is 4.74 Å². The van der Waals surface area contributed by atoms with E-state index < -0.39 is 0 Å². The van der Waals surface area contributed by atoms with Crippen LogP contribution < -0.4 is 0 Å². The molecule has 0 saturated heterocycles. The van der Waals surface area contributed by atoms with Gasteiger partial charge >= 0.3 is 5.97 Å². The molecule has 0 aromatic carbocycles. The molecule has 4 aliphatic carbocycles. The van der Waals surface area contributed by atoms with Crippen LogP contribution in [-0.2, 0) is 19.1 Å². The molecule has 0 aliphatic heterocycles. The van der Waals surface area contributed by atoms with Gasteiger partial charge in [0.2, 0.25) is 0 Å². The molecule has 0 amide bonds. The molecule has 0 bridgehead atoms. The summed E-state index contributed by atoms with van der Waals surface area (Å²) in [4.78, 5) is 37.3. The minimum Gasteiger partial charge on any atom is -0.458 e. The van der Waals surface area contributed by atoms with Crippen molar-refractivity contribution in [3.05, 3.63) is 11.6 Å². The number of ether oxygens (including phenoxy) is 1. The van der Waals surface area contributed by atoms with E-state index in [0.717, 1.165) is 50.5 Å². The lowest BCUT2D eigenvalue weighted by Crippen LogP contribution is -2.54. The van der Waals surface area contributed by atoms with Crippen LogP contribution in [0.2, 0.25) is 0 Å². The van der Waals surface area contributed by atoms with Gasteiger partial charge in [-0.05, 0) is 73.3 Å². The minimum absolute atomic E-state index is 0.0838. The smallest absolute Gasteiger partial charge is 0.306 e. The Labute approximate surface area is 168 Å². The number of hydrogen-bond acceptors (Lipinski definition) is 4. The number of carbonyl (C=O) groups is 3. The second-order valence-corrected chi connectivity index (χ2v) is 10.1. The first-order valence-electron chi connectivity index (χ1n) is 11.3. The van der Waals surface area contributed by atoms with Gasteiger partial charge in [0.1, 0.15) is 11.9 Å². The zero-order valence-electron chi connectivity index (χ0n) is 17.6. The van der Waals surface area contributed by atoms with Gasteiger partial charge in [0.25, 0.3) is 0 Å². The largest absolute Gasteiger partial charge is 0.458 e. The Kier molecular flexibility index (Phi) is 5.04. The lowest BCUT2D eigenvalue weighted by atomic mass is 9.47. The Morgan fingerprint density at radius 3 is 2.61 bits per heavy atom. The van der Waals surface area contributed by atoms with E-state index in [1.807, 2.05) is 0 Å². The van der Waals surface area contributed by atoms with E-state index in [2.05, 4.69) is 20.8 Å². The van der Waals surface area contributed by atoms with Crippen LogP contribution in [0.1, 0.15) is 85.0 Å². The van der Waals surface area contributed by atoms with E-state index in [1.165, 1.54) is 0 Å². The highest BCUT2D eigenvalue weighted by atomic mass is 16.5. The molecule has 28 heavy (non-hydrogen) atoms. The fraction of sp³-hybridized carbons (Fsp3) is 0.792. The molecular weight excluding hydrogens is 352 g/mol. The van der Waals surface area contributed by atoms with Crippen molar-refractivity contribution in [3.63, 3.8) is 0 Å². The summed E-state index contributed by atoms with van der Waals surface area (Å²) in [5.74, 6) is 1.74. The molecule has 3 fully saturated rings. The number of unbranched alkanes of at least 4 members (excludes halogenated alkanes) is 1. The molecule has 0 aromatic rings. The Bertz CT molecular complexity index is 722. The summed E-state index contributed by atoms with van der Waals surface area (Å²) in [7, 11) is 0. The summed E-state index contributed by atoms with van der Waals surface area (Å²) >= 11 is 0. The molecule has 6 atom stereocenters. The number of hydrogen-bond donors (Lipinski definition) is 0. The van der Waals surface area contributed by atoms with Gasteiger partial charge in [0, 0.05) is 24.7 Å². The maximum absolute atomic E-state index is 12.6. The van der Waals surface area contributed by atoms with Crippen molar-refractivity contribution in [1.29, 1.82) is 0 Å². The van der Waals surface area contributed by atoms with Crippen LogP contribution in [0, 0.1) is 28.6 Å². The average Bonchev–Trinajstić information content (AvgIpc) is 2.96. The zero-order chi connectivity index (χ0) is 20.1. The fourth-order valence-corrected chi connectivity index (χ4v) is 7.00. The van der Waals surface area contributed by atoms with Crippen LogP contribution in [0.25, 0.3) is 0 Å². The van der Waals surface area contributed by atoms with Crippen LogP contribution in [-0.4, -0.2) is 23.6 Å². The van der Waals surface area contributed by atoms with Crippen molar-refractivity contribution in [2.24, 2.45) is 28.6 Å². The SMILES string of the molecule is CCCCC(=O)O[C@@H]1C[C@@H]2[C@H](CC[C@]3(C)C(=O)CC[C@@H]23)[C@@]2(C)CCC(=O)C=C12. The molecule has 3 saturated carbocycles. The third-order valence-corrected chi connectivity index (χ3v) is 8.67. The number of rotatable bonds is 4. The number of Topliss-reactive ketones (excluding diaryl/α,β-unsaturated/α-hetero) is 1. The maximum atomic E-state index is 12.6. The molecule has 0 spiro atoms. The standard InChI is InChI=1S/C24H34O4/c1-4-5-6-22(27)28-20-14-16-17-7-8-21(26)24(17,3)12-10-18(16)23(2)11-9-15(25)13-19(20)23/h13,16-18,20H,4-12,14H2,1-3H3/t16-,17-,18-,20+,23+,24-/m0/s1. The van der Waals surface area contributed by atoms with Crippen LogP contribution in [0.4, 0.5) is 0 Å². The third kappa shape index (κ3) is 2.98. The van der Waals surface area contributed by atoms with Crippen LogP contribution in [0.5, 0.6) is 0 Å². The van der Waals surface area contributed by atoms with Crippen molar-refractivity contribution in [1.82, 2.24) is 0 Å². The normalized spacial score (nSPS) is 42.3. The van der Waals surface area contributed by atoms with Gasteiger partial charge < -0.3 is 4.74 Å². The van der Waals surface area contributed by atoms with Crippen LogP contribution >= 0.6 is 0 Å². The summed E-state index contributed by atoms with van der Waals surface area (Å²) in [6.45, 7) is 6.52. The summed E-state index contributed by atoms with van der Waals surface area (Å²) in [6.07, 6.45) is 9.64. The van der Waals surface area contributed by atoms with Crippen molar-refractivity contribution < 1.29 is 19.1 Å². The van der Waals surface area contributed by atoms with E-state index in [0.29, 0.717) is 42.8 Å². The van der Waals surface area contributed by atoms with Crippen molar-refractivity contribution in [2.45, 2.75) is 91.1 Å². The van der Waals surface area contributed by atoms with Crippen molar-refractivity contribution in [3.8, 4) is 0 Å². The summed E-state index contributed by atoms with van der Waals surface area (Å²) in [5.41, 5.74) is 0.780. The zero-order valence-corrected chi connectivity index (χ0v) is 17.6. The average molecular weight is 387 g/mol. The molecule has 0 N–H and O–H groups in total. The van der Waals surface area contributed by atoms with Gasteiger partial charge in [-0.3, -0.25) is 14.4 Å². The van der Waals surface area contributed by atoms with Gasteiger partial charge in [-0.15, -0.1) is 0 Å². The second kappa shape index (κ2) is 7.11. The Balaban J connectivity index is 1.66. The molecule has 0 heterocycles. The van der Waals surface area contributed by atoms with Crippen LogP contribution in [0.15, 0.2) is 11.6 Å². The van der Waals surface area contributed by atoms with Gasteiger partial charge in [0.05, 0.1) is 0 Å². The third-order valence-electron chi connectivity index (χ3n) is 8.67. The molecule has 0 unspecified atom stereocenters. The molecule has 4 rings (SSSR count). The van der Waals surface area contributed by atoms with E-state index >= 15 is 0 Å². The van der Waals surface area contributed by atoms with Crippen molar-refractivity contribution in [2.75, 3.05) is 0 Å². The highest BCUT2D eigenvalue weighted by Crippen LogP contribution is 2.64. The van der Waals surface area contributed by atoms with Crippen LogP contribution in [0.3, 0.4) is 0 Å². The highest BCUT2D eigenvalue weighted by Gasteiger charge is 2.61. The lowest BCUT2D eigenvalue weighted by molar-refractivity contribution is -0.156. The second-order valence-electron chi connectivity index (χ2n) is 10.1. The minimum atomic E-state index is -0.294. The molecule has 0 radical (unpaired) electrons. The van der Waals surface area contributed by atoms with Gasteiger partial charge in [0.15, 0.2) is 5.78 Å². The molecule has 4 nitrogen and oxygen atoms in total. The molecular formula is C24H34O4. The fourth-order valence-electron chi connectivity index (χ4n) is 7.00. The Morgan fingerprint density at radius 1 is 1.11 bits per heavy atom. The predicted octanol–water partition coefficient (Wildman–Crippen LogP) is 4.80. The van der Waals surface area contributed by atoms with Gasteiger partial charge in [-0.25, -0.2) is 0 Å². The number of fused-ring (bicyclic) bond motifs is 5. The quantitative estimate of drug-likeness (QED) is 0.651. The Morgan fingerprint density at radius 2 is 1.86 bits per heavy atom. The molecule has 4 aliphatic rings. The lowest BCUT2D eigenvalue weighted by Gasteiger charge is -2.58. The van der Waals surface area contributed by atoms with E-state index in [1.54, 1.807) is 6.08 Å². The summed E-state index contributed by atoms with van der Waals surface area (Å²) in [5, 5.41) is 0. The van der Waals surface area contributed by atoms with Gasteiger partial charge in [-0.1, -0.05) is 27.2 Å². The monoisotopic (exact) mass is 386 g/mol. The van der Waals surface area contributed by atoms with E-state index in [-0.39, 0.29) is 28.7 Å². The first-order chi connectivity index (χ1) is 13.3. The predicted molar refractivity (Wildman–Crippen MR) is 107 cm³/mol. The van der Waals surface area contributed by atoms with Crippen molar-refractivity contribution >= 4 is 17.5 Å². The maximum Gasteiger partial charge on any atom is 0.306 e. The molecule has 4 heteroatoms. The Hall–Kier alpha value is -1.45. The highest BCUT2D eigenvalue weighted by molar-refractivity contribution is 5.92. The summed E-state index contributed by atoms with van der Waals surface area (Å²) in [6, 6.07) is 0. The first kappa shape index (κ1) is 19.8.